The van der Waals surface area contributed by atoms with Gasteiger partial charge in [-0.25, -0.2) is 34.6 Å². The van der Waals surface area contributed by atoms with Crippen LogP contribution in [0.5, 0.6) is 0 Å². The number of nitrogens with one attached hydrogen (secondary N) is 3. The molecule has 796 valence electrons. The molecule has 10 atom stereocenters. The summed E-state index contributed by atoms with van der Waals surface area (Å²) >= 11 is 12.1. The van der Waals surface area contributed by atoms with Gasteiger partial charge < -0.3 is 96.8 Å². The van der Waals surface area contributed by atoms with Crippen molar-refractivity contribution in [1.82, 2.24) is 30.2 Å². The molecule has 11 N–H and O–H groups in total. The van der Waals surface area contributed by atoms with E-state index in [4.69, 9.17) is 93.7 Å². The third kappa shape index (κ3) is 51.1. The molecule has 0 saturated carbocycles. The van der Waals surface area contributed by atoms with Gasteiger partial charge in [0.05, 0.1) is 130 Å². The van der Waals surface area contributed by atoms with Crippen molar-refractivity contribution in [2.75, 3.05) is 109 Å². The third-order valence-corrected chi connectivity index (χ3v) is 23.3. The third-order valence-electron chi connectivity index (χ3n) is 21.4. The van der Waals surface area contributed by atoms with Crippen molar-refractivity contribution in [3.05, 3.63) is 315 Å². The predicted molar refractivity (Wildman–Crippen MR) is 584 cm³/mol. The Morgan fingerprint density at radius 1 is 0.547 bits per heavy atom. The molecular formula is C106H135BBr2ClK2N17O21. The van der Waals surface area contributed by atoms with E-state index in [1.54, 1.807) is 67.1 Å². The zero-order valence-corrected chi connectivity index (χ0v) is 98.3. The quantitative estimate of drug-likeness (QED) is 0.00817. The van der Waals surface area contributed by atoms with Crippen LogP contribution in [0, 0.1) is 58.9 Å². The van der Waals surface area contributed by atoms with Crippen molar-refractivity contribution < 1.29 is 198 Å². The Hall–Kier alpha value is -10.2. The summed E-state index contributed by atoms with van der Waals surface area (Å²) in [5, 5.41) is 92.2. The first-order valence-corrected chi connectivity index (χ1v) is 49.4. The number of carbonyl (C=O) groups excluding carboxylic acids is 3. The molecule has 5 saturated heterocycles. The molecule has 0 spiro atoms. The molecule has 150 heavy (non-hydrogen) atoms. The van der Waals surface area contributed by atoms with Gasteiger partial charge in [-0.1, -0.05) is 156 Å². The Morgan fingerprint density at radius 2 is 0.907 bits per heavy atom. The largest absolute Gasteiger partial charge is 1.00 e. The van der Waals surface area contributed by atoms with Crippen LogP contribution in [0.25, 0.3) is 16.0 Å². The van der Waals surface area contributed by atoms with Crippen LogP contribution in [0.2, 0.25) is 5.15 Å². The Kier molecular flexibility index (Phi) is 67.7. The Morgan fingerprint density at radius 3 is 1.22 bits per heavy atom. The average molecular weight is 2270 g/mol. The van der Waals surface area contributed by atoms with Crippen molar-refractivity contribution >= 4 is 138 Å². The van der Waals surface area contributed by atoms with Gasteiger partial charge in [0.15, 0.2) is 5.69 Å². The van der Waals surface area contributed by atoms with Crippen molar-refractivity contribution in [2.24, 2.45) is 0 Å². The molecule has 0 bridgehead atoms. The number of nitro groups is 2. The molecule has 10 heterocycles. The summed E-state index contributed by atoms with van der Waals surface area (Å²) in [5.41, 5.74) is 17.2. The number of morpholine rings is 5. The fraction of sp³-hybridized carbons (Fsp3) is 0.368. The number of nitrogens with zero attached hydrogens (tertiary/aromatic N) is 13. The molecule has 6 aromatic carbocycles. The number of carbonyl (C=O) groups is 4. The summed E-state index contributed by atoms with van der Waals surface area (Å²) in [4.78, 5) is 99.4. The SMILES string of the molecule is CC.CCCc1ccccc1.CO.C[C@@H]1CN(c2ccc(N)cn2)C[C@H](C)O1.C[C@@H]1CN(c2ccc([N+](=O)[O-])cn2)C[C@H](C)O1.C[C@@H]1CNC[C@H](C)O1.Cc1ccc(C(=O)Nc2ccc(N3C[C@@H](C)O[C@@H](C)C3)nc2)cc1-c1ccc(C#N)cc1.Cc1ccc(C(=O)Nc2ccc(N3C[C@@H](C)O[C@@H](C)C3)nc2)cc1Br.Cc1ccc(C(=O)O)cc1Br.O=CO[O-].O=[N+]([O-])c1ccc(Cl)nc1.OO.[C-]#[N+]c1ccc(B(O)O)cc1.[H-].[K+].[K+]. The number of aliphatic hydroxyl groups excluding tert-OH is 1. The molecule has 0 unspecified atom stereocenters. The van der Waals surface area contributed by atoms with E-state index in [-0.39, 0.29) is 188 Å². The number of ether oxygens (including phenoxy) is 5. The number of aryl methyl sites for hydroxylation is 4. The first-order chi connectivity index (χ1) is 70.7. The molecule has 5 aliphatic heterocycles. The fourth-order valence-electron chi connectivity index (χ4n) is 14.8. The normalized spacial score (nSPS) is 17.7. The smallest absolute Gasteiger partial charge is 1.00 e. The molecule has 0 aliphatic carbocycles. The maximum absolute atomic E-state index is 12.9. The molecule has 0 radical (unpaired) electrons. The molecule has 5 fully saturated rings. The van der Waals surface area contributed by atoms with Crippen molar-refractivity contribution in [1.29, 1.82) is 5.26 Å². The maximum atomic E-state index is 12.9. The molecule has 44 heteroatoms. The number of anilines is 7. The van der Waals surface area contributed by atoms with Crippen LogP contribution in [-0.2, 0) is 39.8 Å². The number of nitriles is 1. The van der Waals surface area contributed by atoms with E-state index in [0.717, 1.165) is 139 Å². The van der Waals surface area contributed by atoms with Crippen LogP contribution < -0.4 is 155 Å². The van der Waals surface area contributed by atoms with Crippen molar-refractivity contribution in [2.45, 2.75) is 185 Å². The van der Waals surface area contributed by atoms with Gasteiger partial charge in [0.25, 0.3) is 29.7 Å². The van der Waals surface area contributed by atoms with Crippen LogP contribution in [-0.4, -0.2) is 231 Å². The van der Waals surface area contributed by atoms with Gasteiger partial charge in [-0.3, -0.25) is 45.1 Å². The average Bonchev–Trinajstić information content (AvgIpc) is 0.794. The number of halogens is 3. The number of carboxylic acid groups (broad SMARTS) is 1. The van der Waals surface area contributed by atoms with Gasteiger partial charge in [0.2, 0.25) is 0 Å². The maximum Gasteiger partial charge on any atom is 1.00 e. The summed E-state index contributed by atoms with van der Waals surface area (Å²) in [7, 11) is -0.449. The number of aliphatic hydroxyl groups is 1. The summed E-state index contributed by atoms with van der Waals surface area (Å²) in [6, 6.07) is 59.6. The first kappa shape index (κ1) is 136. The summed E-state index contributed by atoms with van der Waals surface area (Å²) in [5.74, 6) is 2.28. The van der Waals surface area contributed by atoms with E-state index >= 15 is 0 Å². The van der Waals surface area contributed by atoms with Crippen LogP contribution >= 0.6 is 43.5 Å². The van der Waals surface area contributed by atoms with E-state index in [1.807, 2.05) is 133 Å². The molecule has 11 aromatic rings. The zero-order chi connectivity index (χ0) is 110. The number of nitrogens with two attached hydrogens (primary N) is 1. The molecule has 5 aliphatic rings. The van der Waals surface area contributed by atoms with Gasteiger partial charge >= 0.3 is 116 Å². The Balaban J connectivity index is 0.000000867. The summed E-state index contributed by atoms with van der Waals surface area (Å²) in [6.07, 6.45) is 12.2. The standard InChI is InChI=1S/C26H26N4O2.C19H22BrN3O2.C11H15N3O3.C11H17N3O.C9H12.C8H7BrO2.C7H6BNO2.C6H13NO.C5H3ClN2O2.C2H6.CH2O3.CH4O.2K.H2O2.H/c1-17-4-7-22(12-24(17)21-8-5-20(13-27)6-9-21)26(31)29-23-10-11-25(28-14-23)30-15-18(2)32-19(3)16-30;1-12-4-5-15(8-17(12)20)19(24)22-16-6-7-18(21-9-16)23-10-13(2)25-14(3)11-23;1-8-6-13(7-9(2)17-8)11-4-3-10(5-12-11)14(15)16;1-8-6-14(7-9(2)15-8)11-4-3-10(12)5-13-11;1-2-6-9-7-4-3-5-8-9;1-5-2-3-6(8(10)11)4-7(5)9;1-9-7-4-2-6(3-5-7)8(10)11;1-5-3-7-4-6(2)8-5;6-5-2-1-4(3-7-5)8(9)10;1-2;2-1-4-3;1-2;;;1-2;/h4-12,14,18-19H,15-16H2,1-3H3,(H,29,31);4-9,13-14H,10-11H2,1-3H3,(H,22,24);3-5,8-9H,6-7H2,1-2H3;3-5,8-9H,6-7,12H2,1-2H3;3-5,7-8H,2,6H2,1H3;2-4H,1H3,(H,10,11);2-5,10-11H;5-7H,3-4H2,1-2H3;1-3H;1-2H3;1,3H;2H,1H3;;;1-2H;/q;;;;;;;;;;;;2*+1;;-1/p-1/t18-,19+;13-,14+;2*8-,9+;;;;5-,6+;;;;;;;;. The number of rotatable bonds is 16. The van der Waals surface area contributed by atoms with Gasteiger partial charge in [-0.15, -0.1) is 0 Å². The van der Waals surface area contributed by atoms with E-state index in [0.29, 0.717) is 62.7 Å². The number of hydrogen-bond acceptors (Lipinski definition) is 32. The number of benzene rings is 6. The summed E-state index contributed by atoms with van der Waals surface area (Å²) < 4.78 is 30.0. The van der Waals surface area contributed by atoms with Gasteiger partial charge in [0.1, 0.15) is 40.8 Å². The van der Waals surface area contributed by atoms with E-state index in [1.165, 1.54) is 54.9 Å². The second-order valence-corrected chi connectivity index (χ2v) is 36.0. The topological polar surface area (TPSA) is 522 Å². The number of aromatic carboxylic acids is 1. The number of pyridine rings is 5. The Bertz CT molecular complexity index is 5850. The van der Waals surface area contributed by atoms with Crippen LogP contribution in [0.1, 0.15) is 157 Å². The minimum absolute atomic E-state index is 0. The molecular weight excluding hydrogens is 2130 g/mol. The van der Waals surface area contributed by atoms with Crippen molar-refractivity contribution in [3.8, 4) is 17.2 Å². The number of nitrogen functional groups attached to an aromatic ring is 1. The van der Waals surface area contributed by atoms with Crippen molar-refractivity contribution in [3.63, 3.8) is 0 Å². The number of hydrogen-bond donors (Lipinski definition) is 10. The van der Waals surface area contributed by atoms with Gasteiger partial charge in [-0.2, -0.15) is 5.26 Å². The van der Waals surface area contributed by atoms with E-state index in [9.17, 15) is 34.6 Å². The number of aromatic nitrogens is 5. The monoisotopic (exact) mass is 2260 g/mol. The van der Waals surface area contributed by atoms with Crippen LogP contribution in [0.15, 0.2) is 234 Å². The van der Waals surface area contributed by atoms with Gasteiger partial charge in [-0.05, 0) is 232 Å². The summed E-state index contributed by atoms with van der Waals surface area (Å²) in [6.45, 7) is 47.7. The second kappa shape index (κ2) is 74.8. The van der Waals surface area contributed by atoms with E-state index < -0.39 is 22.9 Å². The van der Waals surface area contributed by atoms with Crippen LogP contribution in [0.3, 0.4) is 0 Å². The van der Waals surface area contributed by atoms with Gasteiger partial charge in [0, 0.05) is 105 Å². The first-order valence-electron chi connectivity index (χ1n) is 47.5. The fourth-order valence-corrected chi connectivity index (χ4v) is 15.7. The van der Waals surface area contributed by atoms with E-state index in [2.05, 4.69) is 201 Å². The molecule has 2 amide bonds. The minimum atomic E-state index is -1.45. The Labute approximate surface area is 986 Å². The zero-order valence-electron chi connectivity index (χ0n) is 89.1. The second-order valence-electron chi connectivity index (χ2n) is 33.9. The number of carboxylic acids is 1. The molecule has 38 nitrogen and oxygen atoms in total. The number of amides is 2. The molecule has 5 aromatic heterocycles. The van der Waals surface area contributed by atoms with Crippen LogP contribution in [0.4, 0.5) is 57.4 Å². The molecule has 16 rings (SSSR count). The predicted octanol–water partition coefficient (Wildman–Crippen LogP) is 11.9. The minimum Gasteiger partial charge on any atom is -1.00 e.